The number of carbonyl (C=O) groups excluding carboxylic acids is 1. The average molecular weight is 830 g/mol. The minimum atomic E-state index is -4.77. The van der Waals surface area contributed by atoms with E-state index in [9.17, 15) is 50.7 Å². The van der Waals surface area contributed by atoms with E-state index in [0.717, 1.165) is 31.2 Å². The maximum atomic E-state index is 14.5. The molecule has 0 aliphatic heterocycles. The summed E-state index contributed by atoms with van der Waals surface area (Å²) in [7, 11) is 0. The van der Waals surface area contributed by atoms with E-state index in [1.165, 1.54) is 24.3 Å². The molecule has 2 aromatic rings. The van der Waals surface area contributed by atoms with Crippen LogP contribution in [-0.4, -0.2) is 52.5 Å². The number of carbonyl (C=O) groups is 2. The van der Waals surface area contributed by atoms with Gasteiger partial charge in [0.1, 0.15) is 18.2 Å². The van der Waals surface area contributed by atoms with Gasteiger partial charge in [0, 0.05) is 51.0 Å². The van der Waals surface area contributed by atoms with E-state index in [0.29, 0.717) is 25.7 Å². The molecule has 0 saturated heterocycles. The number of hydrogen-bond donors (Lipinski definition) is 4. The quantitative estimate of drug-likeness (QED) is 0.150. The molecule has 0 radical (unpaired) electrons. The molecule has 4 aliphatic carbocycles. The Morgan fingerprint density at radius 2 is 1.23 bits per heavy atom. The fourth-order valence-electron chi connectivity index (χ4n) is 6.30. The van der Waals surface area contributed by atoms with Crippen LogP contribution in [0.4, 0.5) is 30.7 Å². The van der Waals surface area contributed by atoms with E-state index < -0.39 is 72.6 Å². The van der Waals surface area contributed by atoms with E-state index in [2.05, 4.69) is 22.4 Å². The Morgan fingerprint density at radius 1 is 0.772 bits per heavy atom. The van der Waals surface area contributed by atoms with Crippen molar-refractivity contribution in [1.29, 1.82) is 10.5 Å². The zero-order valence-corrected chi connectivity index (χ0v) is 32.6. The molecule has 0 unspecified atom stereocenters. The van der Waals surface area contributed by atoms with Crippen LogP contribution in [0.15, 0.2) is 60.7 Å². The van der Waals surface area contributed by atoms with Gasteiger partial charge in [-0.1, -0.05) is 60.7 Å². The summed E-state index contributed by atoms with van der Waals surface area (Å²) in [5, 5.41) is 31.5. The van der Waals surface area contributed by atoms with Gasteiger partial charge in [0.05, 0.1) is 17.5 Å². The Labute approximate surface area is 335 Å². The van der Waals surface area contributed by atoms with E-state index in [-0.39, 0.29) is 54.2 Å². The van der Waals surface area contributed by atoms with Crippen molar-refractivity contribution < 1.29 is 63.6 Å². The molecule has 6 rings (SSSR count). The van der Waals surface area contributed by atoms with Crippen LogP contribution in [0.2, 0.25) is 0 Å². The lowest BCUT2D eigenvalue weighted by Crippen LogP contribution is -3.00. The van der Waals surface area contributed by atoms with Crippen LogP contribution in [0.25, 0.3) is 0 Å². The molecule has 4 saturated carbocycles. The maximum Gasteiger partial charge on any atom is 0.407 e. The van der Waals surface area contributed by atoms with Gasteiger partial charge in [-0.25, -0.2) is 17.6 Å². The highest BCUT2D eigenvalue weighted by Crippen LogP contribution is 2.49. The Balaban J connectivity index is 0.000000271. The molecular formula is C41H51ClF7N5O3. The highest BCUT2D eigenvalue weighted by Gasteiger charge is 2.50. The third kappa shape index (κ3) is 16.6. The van der Waals surface area contributed by atoms with Crippen LogP contribution < -0.4 is 28.8 Å². The van der Waals surface area contributed by atoms with E-state index >= 15 is 0 Å². The second kappa shape index (κ2) is 19.8. The number of ketones is 1. The second-order valence-electron chi connectivity index (χ2n) is 16.1. The molecule has 16 heteroatoms. The highest BCUT2D eigenvalue weighted by atomic mass is 35.5. The maximum absolute atomic E-state index is 14.5. The van der Waals surface area contributed by atoms with Crippen molar-refractivity contribution in [3.05, 3.63) is 71.8 Å². The predicted octanol–water partition coefficient (Wildman–Crippen LogP) is 5.24. The molecule has 4 atom stereocenters. The Morgan fingerprint density at radius 3 is 1.58 bits per heavy atom. The number of nitriles is 2. The van der Waals surface area contributed by atoms with Gasteiger partial charge in [-0.05, 0) is 68.4 Å². The third-order valence-corrected chi connectivity index (χ3v) is 10.5. The molecule has 57 heavy (non-hydrogen) atoms. The van der Waals surface area contributed by atoms with Gasteiger partial charge in [0.2, 0.25) is 5.92 Å². The monoisotopic (exact) mass is 829 g/mol. The first kappa shape index (κ1) is 47.6. The molecular weight excluding hydrogens is 779 g/mol. The Kier molecular flexibility index (Phi) is 16.5. The summed E-state index contributed by atoms with van der Waals surface area (Å²) in [4.78, 5) is 24.0. The van der Waals surface area contributed by atoms with E-state index in [1.807, 2.05) is 36.4 Å². The molecule has 0 bridgehead atoms. The topological polar surface area (TPSA) is 154 Å². The van der Waals surface area contributed by atoms with Crippen LogP contribution >= 0.6 is 0 Å². The van der Waals surface area contributed by atoms with Crippen molar-refractivity contribution in [2.75, 3.05) is 0 Å². The lowest BCUT2D eigenvalue weighted by atomic mass is 9.91. The molecule has 4 fully saturated rings. The average Bonchev–Trinajstić information content (AvgIpc) is 3.91. The smallest absolute Gasteiger partial charge is 0.407 e. The molecule has 6 N–H and O–H groups in total. The SMILES string of the molecule is C[C@@H](N[C@@H](CC(F)(F)CC1CC1)C(=O)O)c1ccccc1.N#CC1(CC(=O)[C@H](CC(F)(F)CC2CC2)N[C@@H](c2ccccc2)C(F)(F)F)CC1.N#CC1([NH3+])CC1.[Cl-]. The first-order valence-corrected chi connectivity index (χ1v) is 19.1. The van der Waals surface area contributed by atoms with Crippen LogP contribution in [0.3, 0.4) is 0 Å². The van der Waals surface area contributed by atoms with Gasteiger partial charge >= 0.3 is 12.1 Å². The molecule has 314 valence electrons. The van der Waals surface area contributed by atoms with Crippen LogP contribution in [0.5, 0.6) is 0 Å². The number of nitrogens with one attached hydrogen (secondary N) is 2. The largest absolute Gasteiger partial charge is 1.00 e. The van der Waals surface area contributed by atoms with E-state index in [1.54, 1.807) is 13.0 Å². The molecule has 0 heterocycles. The molecule has 8 nitrogen and oxygen atoms in total. The van der Waals surface area contributed by atoms with Gasteiger partial charge in [0.15, 0.2) is 11.3 Å². The number of carboxylic acids is 1. The summed E-state index contributed by atoms with van der Waals surface area (Å²) in [5.41, 5.74) is 3.31. The van der Waals surface area contributed by atoms with Crippen LogP contribution in [0.1, 0.15) is 114 Å². The normalized spacial score (nSPS) is 19.8. The number of nitrogens with zero attached hydrogens (tertiary/aromatic N) is 2. The summed E-state index contributed by atoms with van der Waals surface area (Å²) < 4.78 is 97.7. The van der Waals surface area contributed by atoms with Crippen molar-refractivity contribution in [3.8, 4) is 12.1 Å². The molecule has 4 aliphatic rings. The first-order chi connectivity index (χ1) is 26.2. The predicted molar refractivity (Wildman–Crippen MR) is 193 cm³/mol. The van der Waals surface area contributed by atoms with Gasteiger partial charge < -0.3 is 23.2 Å². The molecule has 0 amide bonds. The fourth-order valence-corrected chi connectivity index (χ4v) is 6.30. The summed E-state index contributed by atoms with van der Waals surface area (Å²) in [6, 6.07) is 14.8. The van der Waals surface area contributed by atoms with Gasteiger partial charge in [-0.2, -0.15) is 23.7 Å². The molecule has 0 spiro atoms. The third-order valence-electron chi connectivity index (χ3n) is 10.5. The van der Waals surface area contributed by atoms with Gasteiger partial charge in [-0.3, -0.25) is 20.2 Å². The number of rotatable bonds is 18. The molecule has 0 aromatic heterocycles. The summed E-state index contributed by atoms with van der Waals surface area (Å²) in [6.07, 6.45) is -1.40. The Bertz CT molecular complexity index is 1690. The van der Waals surface area contributed by atoms with Crippen molar-refractivity contribution in [2.45, 2.75) is 138 Å². The highest BCUT2D eigenvalue weighted by molar-refractivity contribution is 5.85. The number of carboxylic acid groups (broad SMARTS) is 1. The minimum Gasteiger partial charge on any atom is -1.00 e. The first-order valence-electron chi connectivity index (χ1n) is 19.1. The lowest BCUT2D eigenvalue weighted by Gasteiger charge is -2.30. The summed E-state index contributed by atoms with van der Waals surface area (Å²) in [6.45, 7) is 1.78. The summed E-state index contributed by atoms with van der Waals surface area (Å²) >= 11 is 0. The number of aliphatic carboxylic acids is 1. The second-order valence-corrected chi connectivity index (χ2v) is 16.1. The molecule has 2 aromatic carbocycles. The number of quaternary nitrogens is 1. The van der Waals surface area contributed by atoms with Crippen LogP contribution in [0, 0.1) is 39.9 Å². The zero-order valence-electron chi connectivity index (χ0n) is 31.8. The standard InChI is InChI=1S/C21H23F5N2O.C16H21F2NO2.C4H6N2.ClH/c22-20(23,10-14-6-7-14)11-16(17(29)12-19(13-27)8-9-19)28-18(21(24,25)26)15-4-2-1-3-5-15;1-11(13-5-3-2-4-6-13)19-14(15(20)21)10-16(17,18)9-12-7-8-12;5-3-4(6)1-2-4;/h1-5,14,16,18,28H,6-12H2;2-6,11-12,14,19H,7-10H2,1H3,(H,20,21);1-2,6H2;1H/t16-,18-;11-,14+;;/m01../s1. The van der Waals surface area contributed by atoms with Crippen molar-refractivity contribution in [2.24, 2.45) is 17.3 Å². The van der Waals surface area contributed by atoms with E-state index in [4.69, 9.17) is 5.26 Å². The van der Waals surface area contributed by atoms with Gasteiger partial charge in [0.25, 0.3) is 5.92 Å². The van der Waals surface area contributed by atoms with Crippen molar-refractivity contribution in [3.63, 3.8) is 0 Å². The summed E-state index contributed by atoms with van der Waals surface area (Å²) in [5.74, 6) is -8.22. The van der Waals surface area contributed by atoms with Crippen molar-refractivity contribution >= 4 is 11.8 Å². The Hall–Kier alpha value is -3.76. The number of halogens is 8. The minimum absolute atomic E-state index is 0. The van der Waals surface area contributed by atoms with Crippen LogP contribution in [-0.2, 0) is 9.59 Å². The van der Waals surface area contributed by atoms with Crippen molar-refractivity contribution in [1.82, 2.24) is 10.6 Å². The fraction of sp³-hybridized carbons (Fsp3) is 0.610. The number of benzene rings is 2. The number of hydrogen-bond acceptors (Lipinski definition) is 6. The van der Waals surface area contributed by atoms with Gasteiger partial charge in [-0.15, -0.1) is 0 Å². The number of Topliss-reactive ketones (excluding diaryl/α,β-unsaturated/α-hetero) is 1. The zero-order chi connectivity index (χ0) is 41.4. The lowest BCUT2D eigenvalue weighted by molar-refractivity contribution is -0.417. The number of alkyl halides is 7.